The van der Waals surface area contributed by atoms with Crippen molar-refractivity contribution in [2.24, 2.45) is 5.73 Å². The maximum Gasteiger partial charge on any atom is 0.405 e. The van der Waals surface area contributed by atoms with Gasteiger partial charge < -0.3 is 14.9 Å². The van der Waals surface area contributed by atoms with Crippen LogP contribution in [-0.4, -0.2) is 16.7 Å². The van der Waals surface area contributed by atoms with Gasteiger partial charge >= 0.3 is 6.09 Å². The lowest BCUT2D eigenvalue weighted by molar-refractivity contribution is 0.0392. The molecule has 5 nitrogen and oxygen atoms in total. The molecule has 0 fully saturated rings. The molecule has 112 valence electrons. The second kappa shape index (κ2) is 5.99. The Morgan fingerprint density at radius 3 is 2.62 bits per heavy atom. The summed E-state index contributed by atoms with van der Waals surface area (Å²) in [5.74, 6) is 1.39. The van der Waals surface area contributed by atoms with Crippen molar-refractivity contribution in [3.63, 3.8) is 0 Å². The monoisotopic (exact) mass is 288 g/mol. The van der Waals surface area contributed by atoms with Crippen LogP contribution in [0.3, 0.4) is 0 Å². The summed E-state index contributed by atoms with van der Waals surface area (Å²) in [5, 5.41) is 0. The van der Waals surface area contributed by atoms with Crippen molar-refractivity contribution < 1.29 is 13.9 Å². The zero-order valence-electron chi connectivity index (χ0n) is 12.6. The minimum Gasteiger partial charge on any atom is -0.444 e. The van der Waals surface area contributed by atoms with Crippen molar-refractivity contribution in [1.82, 2.24) is 4.98 Å². The Bertz CT molecular complexity index is 618. The third-order valence-corrected chi connectivity index (χ3v) is 3.25. The summed E-state index contributed by atoms with van der Waals surface area (Å²) in [5.41, 5.74) is 6.26. The van der Waals surface area contributed by atoms with Gasteiger partial charge in [-0.1, -0.05) is 18.2 Å². The lowest BCUT2D eigenvalue weighted by Gasteiger charge is -2.23. The summed E-state index contributed by atoms with van der Waals surface area (Å²) >= 11 is 0. The van der Waals surface area contributed by atoms with E-state index in [2.05, 4.69) is 4.98 Å². The first-order valence-corrected chi connectivity index (χ1v) is 6.87. The highest BCUT2D eigenvalue weighted by molar-refractivity contribution is 5.65. The van der Waals surface area contributed by atoms with E-state index in [1.54, 1.807) is 0 Å². The Balaban J connectivity index is 2.08. The molecule has 0 aliphatic rings. The third kappa shape index (κ3) is 4.08. The maximum atomic E-state index is 10.8. The van der Waals surface area contributed by atoms with Gasteiger partial charge in [0.1, 0.15) is 11.4 Å². The molecule has 2 aromatic rings. The summed E-state index contributed by atoms with van der Waals surface area (Å²) in [6.07, 6.45) is 0.516. The van der Waals surface area contributed by atoms with Crippen LogP contribution in [0.25, 0.3) is 11.5 Å². The van der Waals surface area contributed by atoms with Crippen LogP contribution in [0.1, 0.15) is 31.7 Å². The van der Waals surface area contributed by atoms with Crippen LogP contribution in [0, 0.1) is 6.92 Å². The molecule has 0 saturated heterocycles. The standard InChI is InChI=1S/C16H20N2O3/c1-11-13(9-10-16(2,3)21-15(17)19)18-14(20-11)12-7-5-4-6-8-12/h4-8H,9-10H2,1-3H3,(H2,17,19). The number of carbonyl (C=O) groups excluding carboxylic acids is 1. The average molecular weight is 288 g/mol. The fourth-order valence-corrected chi connectivity index (χ4v) is 2.11. The van der Waals surface area contributed by atoms with E-state index in [0.29, 0.717) is 18.7 Å². The van der Waals surface area contributed by atoms with Gasteiger partial charge in [0.25, 0.3) is 0 Å². The van der Waals surface area contributed by atoms with Crippen molar-refractivity contribution in [2.45, 2.75) is 39.2 Å². The summed E-state index contributed by atoms with van der Waals surface area (Å²) in [4.78, 5) is 15.4. The van der Waals surface area contributed by atoms with Gasteiger partial charge in [-0.15, -0.1) is 0 Å². The van der Waals surface area contributed by atoms with Gasteiger partial charge in [0, 0.05) is 5.56 Å². The zero-order chi connectivity index (χ0) is 15.5. The minimum atomic E-state index is -0.762. The molecule has 2 N–H and O–H groups in total. The van der Waals surface area contributed by atoms with Crippen molar-refractivity contribution in [1.29, 1.82) is 0 Å². The predicted molar refractivity (Wildman–Crippen MR) is 79.7 cm³/mol. The van der Waals surface area contributed by atoms with Crippen molar-refractivity contribution >= 4 is 6.09 Å². The first-order chi connectivity index (χ1) is 9.87. The van der Waals surface area contributed by atoms with Crippen LogP contribution in [0.2, 0.25) is 0 Å². The smallest absolute Gasteiger partial charge is 0.405 e. The van der Waals surface area contributed by atoms with Crippen molar-refractivity contribution in [3.05, 3.63) is 41.8 Å². The van der Waals surface area contributed by atoms with E-state index in [4.69, 9.17) is 14.9 Å². The number of aryl methyl sites for hydroxylation is 2. The Labute approximate surface area is 124 Å². The van der Waals surface area contributed by atoms with Gasteiger partial charge in [-0.25, -0.2) is 9.78 Å². The van der Waals surface area contributed by atoms with Crippen LogP contribution in [0.5, 0.6) is 0 Å². The lowest BCUT2D eigenvalue weighted by atomic mass is 10.0. The molecule has 0 aliphatic heterocycles. The van der Waals surface area contributed by atoms with Crippen LogP contribution >= 0.6 is 0 Å². The number of carbonyl (C=O) groups is 1. The van der Waals surface area contributed by atoms with Crippen molar-refractivity contribution in [2.75, 3.05) is 0 Å². The van der Waals surface area contributed by atoms with Gasteiger partial charge in [0.15, 0.2) is 0 Å². The highest BCUT2D eigenvalue weighted by Gasteiger charge is 2.23. The minimum absolute atomic E-state index is 0.608. The molecule has 0 saturated carbocycles. The fourth-order valence-electron chi connectivity index (χ4n) is 2.11. The number of benzene rings is 1. The number of oxazole rings is 1. The Morgan fingerprint density at radius 1 is 1.33 bits per heavy atom. The second-order valence-electron chi connectivity index (χ2n) is 5.57. The molecule has 0 radical (unpaired) electrons. The molecule has 5 heteroatoms. The SMILES string of the molecule is Cc1oc(-c2ccccc2)nc1CCC(C)(C)OC(N)=O. The van der Waals surface area contributed by atoms with E-state index in [-0.39, 0.29) is 0 Å². The van der Waals surface area contributed by atoms with Gasteiger partial charge in [0.05, 0.1) is 5.69 Å². The molecular weight excluding hydrogens is 268 g/mol. The van der Waals surface area contributed by atoms with E-state index in [0.717, 1.165) is 17.0 Å². The summed E-state index contributed by atoms with van der Waals surface area (Å²) < 4.78 is 10.8. The van der Waals surface area contributed by atoms with Crippen molar-refractivity contribution in [3.8, 4) is 11.5 Å². The molecule has 0 aliphatic carbocycles. The number of ether oxygens (including phenoxy) is 1. The highest BCUT2D eigenvalue weighted by Crippen LogP contribution is 2.24. The molecule has 1 aromatic carbocycles. The normalized spacial score (nSPS) is 11.4. The van der Waals surface area contributed by atoms with E-state index in [9.17, 15) is 4.79 Å². The highest BCUT2D eigenvalue weighted by atomic mass is 16.6. The average Bonchev–Trinajstić information content (AvgIpc) is 2.78. The number of hydrogen-bond acceptors (Lipinski definition) is 4. The van der Waals surface area contributed by atoms with Crippen LogP contribution in [0.15, 0.2) is 34.7 Å². The number of primary amides is 1. The largest absolute Gasteiger partial charge is 0.444 e. The first kappa shape index (κ1) is 15.1. The molecular formula is C16H20N2O3. The molecule has 21 heavy (non-hydrogen) atoms. The van der Waals surface area contributed by atoms with E-state index in [1.165, 1.54) is 0 Å². The molecule has 0 unspecified atom stereocenters. The molecule has 1 aromatic heterocycles. The molecule has 0 bridgehead atoms. The number of hydrogen-bond donors (Lipinski definition) is 1. The zero-order valence-corrected chi connectivity index (χ0v) is 12.6. The second-order valence-corrected chi connectivity index (χ2v) is 5.57. The maximum absolute atomic E-state index is 10.8. The van der Waals surface area contributed by atoms with Gasteiger partial charge in [-0.2, -0.15) is 0 Å². The number of rotatable bonds is 5. The molecule has 2 rings (SSSR count). The summed E-state index contributed by atoms with van der Waals surface area (Å²) in [7, 11) is 0. The molecule has 1 amide bonds. The van der Waals surface area contributed by atoms with E-state index < -0.39 is 11.7 Å². The van der Waals surface area contributed by atoms with Crippen LogP contribution < -0.4 is 5.73 Å². The lowest BCUT2D eigenvalue weighted by Crippen LogP contribution is -2.31. The Morgan fingerprint density at radius 2 is 2.00 bits per heavy atom. The van der Waals surface area contributed by atoms with Crippen LogP contribution in [-0.2, 0) is 11.2 Å². The van der Waals surface area contributed by atoms with Gasteiger partial charge in [0.2, 0.25) is 5.89 Å². The molecule has 0 atom stereocenters. The summed E-state index contributed by atoms with van der Waals surface area (Å²) in [6, 6.07) is 9.74. The number of aromatic nitrogens is 1. The number of amides is 1. The topological polar surface area (TPSA) is 78.3 Å². The number of nitrogens with zero attached hydrogens (tertiary/aromatic N) is 1. The first-order valence-electron chi connectivity index (χ1n) is 6.87. The Kier molecular flexibility index (Phi) is 4.31. The van der Waals surface area contributed by atoms with E-state index >= 15 is 0 Å². The van der Waals surface area contributed by atoms with E-state index in [1.807, 2.05) is 51.1 Å². The van der Waals surface area contributed by atoms with Crippen LogP contribution in [0.4, 0.5) is 4.79 Å². The predicted octanol–water partition coefficient (Wildman–Crippen LogP) is 3.46. The molecule has 1 heterocycles. The third-order valence-electron chi connectivity index (χ3n) is 3.25. The fraction of sp³-hybridized carbons (Fsp3) is 0.375. The Hall–Kier alpha value is -2.30. The quantitative estimate of drug-likeness (QED) is 0.913. The summed E-state index contributed by atoms with van der Waals surface area (Å²) in [6.45, 7) is 5.54. The number of nitrogens with two attached hydrogens (primary N) is 1. The van der Waals surface area contributed by atoms with Gasteiger partial charge in [-0.05, 0) is 45.7 Å². The van der Waals surface area contributed by atoms with Gasteiger partial charge in [-0.3, -0.25) is 0 Å². The molecule has 0 spiro atoms.